The van der Waals surface area contributed by atoms with Gasteiger partial charge in [-0.3, -0.25) is 4.98 Å². The summed E-state index contributed by atoms with van der Waals surface area (Å²) in [5.41, 5.74) is 8.45. The van der Waals surface area contributed by atoms with Crippen molar-refractivity contribution in [3.63, 3.8) is 0 Å². The minimum Gasteiger partial charge on any atom is -0.454 e. The molecule has 1 aromatic carbocycles. The van der Waals surface area contributed by atoms with Crippen LogP contribution >= 0.6 is 0 Å². The molecule has 3 heterocycles. The van der Waals surface area contributed by atoms with E-state index in [1.54, 1.807) is 12.4 Å². The quantitative estimate of drug-likeness (QED) is 0.652. The molecule has 4 rings (SSSR count). The molecular weight excluding hydrogens is 320 g/mol. The van der Waals surface area contributed by atoms with E-state index in [0.29, 0.717) is 29.6 Å². The molecule has 1 aliphatic heterocycles. The maximum Gasteiger partial charge on any atom is 0.231 e. The number of rotatable bonds is 5. The number of nitrogens with two attached hydrogens (primary N) is 1. The van der Waals surface area contributed by atoms with Gasteiger partial charge in [0, 0.05) is 30.7 Å². The number of benzene rings is 1. The van der Waals surface area contributed by atoms with Gasteiger partial charge in [0.1, 0.15) is 12.0 Å². The number of hydrogen-bond donors (Lipinski definition) is 3. The van der Waals surface area contributed by atoms with E-state index in [0.717, 1.165) is 17.0 Å². The maximum atomic E-state index is 6.19. The van der Waals surface area contributed by atoms with E-state index in [1.807, 2.05) is 30.3 Å². The number of fused-ring (bicyclic) bond motifs is 1. The zero-order valence-corrected chi connectivity index (χ0v) is 13.3. The van der Waals surface area contributed by atoms with Crippen molar-refractivity contribution in [1.82, 2.24) is 15.0 Å². The monoisotopic (exact) mass is 336 g/mol. The smallest absolute Gasteiger partial charge is 0.231 e. The molecule has 0 bridgehead atoms. The third-order valence-corrected chi connectivity index (χ3v) is 3.70. The molecule has 0 unspecified atom stereocenters. The van der Waals surface area contributed by atoms with Crippen LogP contribution in [-0.2, 0) is 6.54 Å². The molecule has 0 amide bonds. The number of nitrogens with one attached hydrogen (secondary N) is 2. The number of nitrogen functional groups attached to an aromatic ring is 1. The highest BCUT2D eigenvalue weighted by Crippen LogP contribution is 2.35. The summed E-state index contributed by atoms with van der Waals surface area (Å²) in [5.74, 6) is 2.48. The van der Waals surface area contributed by atoms with E-state index in [2.05, 4.69) is 25.6 Å². The highest BCUT2D eigenvalue weighted by Gasteiger charge is 2.14. The Hall–Kier alpha value is -3.55. The fourth-order valence-corrected chi connectivity index (χ4v) is 2.44. The Morgan fingerprint density at radius 2 is 1.96 bits per heavy atom. The highest BCUT2D eigenvalue weighted by atomic mass is 16.7. The van der Waals surface area contributed by atoms with E-state index >= 15 is 0 Å². The van der Waals surface area contributed by atoms with E-state index in [4.69, 9.17) is 15.2 Å². The third kappa shape index (κ3) is 3.23. The molecule has 0 saturated heterocycles. The summed E-state index contributed by atoms with van der Waals surface area (Å²) >= 11 is 0. The molecular formula is C17H16N6O2. The first-order valence-corrected chi connectivity index (χ1v) is 7.69. The first-order chi connectivity index (χ1) is 12.3. The molecule has 0 saturated carbocycles. The minimum absolute atomic E-state index is 0.233. The summed E-state index contributed by atoms with van der Waals surface area (Å²) in [6.07, 6.45) is 4.98. The fourth-order valence-electron chi connectivity index (χ4n) is 2.44. The van der Waals surface area contributed by atoms with Crippen LogP contribution in [0.1, 0.15) is 5.56 Å². The molecule has 0 spiro atoms. The van der Waals surface area contributed by atoms with E-state index < -0.39 is 0 Å². The van der Waals surface area contributed by atoms with Gasteiger partial charge in [0.25, 0.3) is 0 Å². The van der Waals surface area contributed by atoms with E-state index in [9.17, 15) is 0 Å². The van der Waals surface area contributed by atoms with Gasteiger partial charge in [0.2, 0.25) is 6.79 Å². The first-order valence-electron chi connectivity index (χ1n) is 7.69. The molecule has 3 aromatic rings. The topological polar surface area (TPSA) is 107 Å². The second-order valence-electron chi connectivity index (χ2n) is 5.39. The van der Waals surface area contributed by atoms with Crippen molar-refractivity contribution in [1.29, 1.82) is 0 Å². The summed E-state index contributed by atoms with van der Waals surface area (Å²) in [5, 5.41) is 6.37. The van der Waals surface area contributed by atoms with Crippen molar-refractivity contribution >= 4 is 23.0 Å². The molecule has 126 valence electrons. The second kappa shape index (κ2) is 6.52. The average molecular weight is 336 g/mol. The normalized spacial score (nSPS) is 12.0. The summed E-state index contributed by atoms with van der Waals surface area (Å²) in [4.78, 5) is 12.5. The van der Waals surface area contributed by atoms with Crippen LogP contribution in [0.3, 0.4) is 0 Å². The van der Waals surface area contributed by atoms with E-state index in [-0.39, 0.29) is 6.79 Å². The molecule has 0 radical (unpaired) electrons. The molecule has 0 aliphatic carbocycles. The Kier molecular flexibility index (Phi) is 3.91. The summed E-state index contributed by atoms with van der Waals surface area (Å²) < 4.78 is 10.7. The number of ether oxygens (including phenoxy) is 2. The van der Waals surface area contributed by atoms with Gasteiger partial charge in [-0.05, 0) is 23.8 Å². The highest BCUT2D eigenvalue weighted by molar-refractivity contribution is 5.78. The lowest BCUT2D eigenvalue weighted by molar-refractivity contribution is 0.174. The van der Waals surface area contributed by atoms with Crippen LogP contribution in [0.25, 0.3) is 0 Å². The van der Waals surface area contributed by atoms with E-state index in [1.165, 1.54) is 6.33 Å². The average Bonchev–Trinajstić information content (AvgIpc) is 3.11. The van der Waals surface area contributed by atoms with Crippen LogP contribution in [0.5, 0.6) is 11.5 Å². The molecule has 8 heteroatoms. The van der Waals surface area contributed by atoms with Crippen molar-refractivity contribution in [3.05, 3.63) is 54.6 Å². The Balaban J connectivity index is 1.51. The lowest BCUT2D eigenvalue weighted by Crippen LogP contribution is -2.08. The van der Waals surface area contributed by atoms with Crippen LogP contribution in [-0.4, -0.2) is 21.7 Å². The standard InChI is InChI=1S/C17H16N6O2/c18-15-16(20-8-11-2-1-5-19-7-11)21-9-22-17(15)23-12-3-4-13-14(6-12)25-10-24-13/h1-7,9H,8,10,18H2,(H2,20,21,22,23). The van der Waals surface area contributed by atoms with Crippen LogP contribution in [0.2, 0.25) is 0 Å². The molecule has 4 N–H and O–H groups in total. The second-order valence-corrected chi connectivity index (χ2v) is 5.39. The Bertz CT molecular complexity index is 888. The third-order valence-electron chi connectivity index (χ3n) is 3.70. The Labute approximate surface area is 144 Å². The van der Waals surface area contributed by atoms with Crippen LogP contribution in [0, 0.1) is 0 Å². The molecule has 8 nitrogen and oxygen atoms in total. The summed E-state index contributed by atoms with van der Waals surface area (Å²) in [6, 6.07) is 9.41. The van der Waals surface area contributed by atoms with Gasteiger partial charge in [0.15, 0.2) is 23.1 Å². The van der Waals surface area contributed by atoms with Gasteiger partial charge < -0.3 is 25.8 Å². The summed E-state index contributed by atoms with van der Waals surface area (Å²) in [6.45, 7) is 0.801. The first kappa shape index (κ1) is 15.0. The fraction of sp³-hybridized carbons (Fsp3) is 0.118. The van der Waals surface area contributed by atoms with Crippen molar-refractivity contribution in [2.45, 2.75) is 6.54 Å². The van der Waals surface area contributed by atoms with Crippen LogP contribution < -0.4 is 25.8 Å². The molecule has 0 fully saturated rings. The number of pyridine rings is 1. The van der Waals surface area contributed by atoms with Crippen LogP contribution in [0.15, 0.2) is 49.1 Å². The van der Waals surface area contributed by atoms with Gasteiger partial charge in [-0.15, -0.1) is 0 Å². The van der Waals surface area contributed by atoms with Gasteiger partial charge in [-0.2, -0.15) is 0 Å². The lowest BCUT2D eigenvalue weighted by atomic mass is 10.2. The number of hydrogen-bond acceptors (Lipinski definition) is 8. The zero-order chi connectivity index (χ0) is 17.1. The van der Waals surface area contributed by atoms with Gasteiger partial charge in [0.05, 0.1) is 0 Å². The zero-order valence-electron chi connectivity index (χ0n) is 13.3. The number of aromatic nitrogens is 3. The predicted octanol–water partition coefficient (Wildman–Crippen LogP) is 2.54. The molecule has 25 heavy (non-hydrogen) atoms. The van der Waals surface area contributed by atoms with Crippen molar-refractivity contribution in [2.24, 2.45) is 0 Å². The number of anilines is 4. The molecule has 0 atom stereocenters. The maximum absolute atomic E-state index is 6.19. The van der Waals surface area contributed by atoms with Gasteiger partial charge >= 0.3 is 0 Å². The van der Waals surface area contributed by atoms with Crippen molar-refractivity contribution < 1.29 is 9.47 Å². The van der Waals surface area contributed by atoms with Crippen molar-refractivity contribution in [3.8, 4) is 11.5 Å². The Morgan fingerprint density at radius 1 is 1.08 bits per heavy atom. The molecule has 1 aliphatic rings. The molecule has 2 aromatic heterocycles. The SMILES string of the molecule is Nc1c(NCc2cccnc2)ncnc1Nc1ccc2c(c1)OCO2. The Morgan fingerprint density at radius 3 is 2.84 bits per heavy atom. The van der Waals surface area contributed by atoms with Crippen molar-refractivity contribution in [2.75, 3.05) is 23.2 Å². The lowest BCUT2D eigenvalue weighted by Gasteiger charge is -2.12. The van der Waals surface area contributed by atoms with Gasteiger partial charge in [-0.1, -0.05) is 6.07 Å². The number of nitrogens with zero attached hydrogens (tertiary/aromatic N) is 3. The van der Waals surface area contributed by atoms with Crippen LogP contribution in [0.4, 0.5) is 23.0 Å². The minimum atomic E-state index is 0.233. The summed E-state index contributed by atoms with van der Waals surface area (Å²) in [7, 11) is 0. The largest absolute Gasteiger partial charge is 0.454 e. The van der Waals surface area contributed by atoms with Gasteiger partial charge in [-0.25, -0.2) is 9.97 Å². The predicted molar refractivity (Wildman–Crippen MR) is 93.9 cm³/mol.